The van der Waals surface area contributed by atoms with Gasteiger partial charge in [0.25, 0.3) is 0 Å². The highest BCUT2D eigenvalue weighted by molar-refractivity contribution is 7.92. The van der Waals surface area contributed by atoms with Gasteiger partial charge in [0.2, 0.25) is 0 Å². The molecule has 1 aliphatic heterocycles. The number of sulfone groups is 1. The minimum atomic E-state index is -3.52. The summed E-state index contributed by atoms with van der Waals surface area (Å²) in [6.07, 6.45) is 1.89. The largest absolute Gasteiger partial charge is 0.348 e. The third-order valence-corrected chi connectivity index (χ3v) is 9.73. The van der Waals surface area contributed by atoms with Gasteiger partial charge in [0.05, 0.1) is 25.9 Å². The SMILES string of the molecule is Cc1ccccc1Cc1csc(N2CCC(S(=O)(=O)c3cccc(Cl)c3Cl)CC2)n1. The maximum atomic E-state index is 13.1. The summed E-state index contributed by atoms with van der Waals surface area (Å²) in [5.74, 6) is 0. The first-order valence-electron chi connectivity index (χ1n) is 9.78. The number of hydrogen-bond acceptors (Lipinski definition) is 5. The van der Waals surface area contributed by atoms with Crippen molar-refractivity contribution in [1.29, 1.82) is 0 Å². The van der Waals surface area contributed by atoms with Crippen LogP contribution in [0.1, 0.15) is 29.7 Å². The van der Waals surface area contributed by atoms with Crippen LogP contribution in [0.25, 0.3) is 0 Å². The van der Waals surface area contributed by atoms with Gasteiger partial charge in [0, 0.05) is 24.9 Å². The predicted molar refractivity (Wildman–Crippen MR) is 125 cm³/mol. The Morgan fingerprint density at radius 3 is 2.57 bits per heavy atom. The van der Waals surface area contributed by atoms with Gasteiger partial charge in [-0.3, -0.25) is 0 Å². The number of piperidine rings is 1. The minimum Gasteiger partial charge on any atom is -0.348 e. The average molecular weight is 481 g/mol. The first kappa shape index (κ1) is 21.6. The van der Waals surface area contributed by atoms with Crippen molar-refractivity contribution in [1.82, 2.24) is 4.98 Å². The fraction of sp³-hybridized carbons (Fsp3) is 0.318. The first-order chi connectivity index (χ1) is 14.4. The second-order valence-electron chi connectivity index (χ2n) is 7.51. The lowest BCUT2D eigenvalue weighted by Gasteiger charge is -2.31. The molecule has 0 amide bonds. The van der Waals surface area contributed by atoms with Crippen molar-refractivity contribution in [3.63, 3.8) is 0 Å². The van der Waals surface area contributed by atoms with Gasteiger partial charge in [-0.1, -0.05) is 53.5 Å². The third-order valence-electron chi connectivity index (χ3n) is 5.55. The Balaban J connectivity index is 1.43. The van der Waals surface area contributed by atoms with Crippen LogP contribution in [0, 0.1) is 6.92 Å². The topological polar surface area (TPSA) is 50.3 Å². The van der Waals surface area contributed by atoms with Gasteiger partial charge in [-0.05, 0) is 43.0 Å². The van der Waals surface area contributed by atoms with Crippen molar-refractivity contribution in [3.8, 4) is 0 Å². The molecule has 0 spiro atoms. The molecule has 30 heavy (non-hydrogen) atoms. The number of hydrogen-bond donors (Lipinski definition) is 0. The van der Waals surface area contributed by atoms with E-state index >= 15 is 0 Å². The molecule has 1 fully saturated rings. The van der Waals surface area contributed by atoms with E-state index in [2.05, 4.69) is 29.3 Å². The number of halogens is 2. The van der Waals surface area contributed by atoms with Crippen molar-refractivity contribution < 1.29 is 8.42 Å². The maximum absolute atomic E-state index is 13.1. The number of benzene rings is 2. The summed E-state index contributed by atoms with van der Waals surface area (Å²) in [5, 5.41) is 2.96. The van der Waals surface area contributed by atoms with Gasteiger partial charge in [-0.2, -0.15) is 0 Å². The van der Waals surface area contributed by atoms with E-state index in [1.165, 1.54) is 17.2 Å². The summed E-state index contributed by atoms with van der Waals surface area (Å²) in [4.78, 5) is 7.11. The van der Waals surface area contributed by atoms with Crippen molar-refractivity contribution in [2.45, 2.75) is 36.3 Å². The van der Waals surface area contributed by atoms with Crippen LogP contribution in [0.15, 0.2) is 52.7 Å². The predicted octanol–water partition coefficient (Wildman–Crippen LogP) is 5.79. The lowest BCUT2D eigenvalue weighted by molar-refractivity contribution is 0.529. The molecule has 158 valence electrons. The number of anilines is 1. The van der Waals surface area contributed by atoms with Crippen LogP contribution in [0.3, 0.4) is 0 Å². The molecule has 1 saturated heterocycles. The van der Waals surface area contributed by atoms with E-state index in [-0.39, 0.29) is 14.9 Å². The summed E-state index contributed by atoms with van der Waals surface area (Å²) in [6, 6.07) is 13.1. The van der Waals surface area contributed by atoms with Crippen LogP contribution in [0.4, 0.5) is 5.13 Å². The van der Waals surface area contributed by atoms with Crippen molar-refractivity contribution in [3.05, 3.63) is 74.7 Å². The van der Waals surface area contributed by atoms with E-state index in [9.17, 15) is 8.42 Å². The summed E-state index contributed by atoms with van der Waals surface area (Å²) in [7, 11) is -3.52. The zero-order chi connectivity index (χ0) is 21.3. The molecule has 0 bridgehead atoms. The number of thiazole rings is 1. The molecule has 4 rings (SSSR count). The van der Waals surface area contributed by atoms with E-state index < -0.39 is 15.1 Å². The zero-order valence-electron chi connectivity index (χ0n) is 16.5. The van der Waals surface area contributed by atoms with Crippen LogP contribution in [0.5, 0.6) is 0 Å². The average Bonchev–Trinajstić information content (AvgIpc) is 3.20. The van der Waals surface area contributed by atoms with Crippen molar-refractivity contribution in [2.75, 3.05) is 18.0 Å². The number of nitrogens with zero attached hydrogens (tertiary/aromatic N) is 2. The molecule has 0 unspecified atom stereocenters. The molecule has 4 nitrogen and oxygen atoms in total. The van der Waals surface area contributed by atoms with Gasteiger partial charge in [0.1, 0.15) is 0 Å². The zero-order valence-corrected chi connectivity index (χ0v) is 19.7. The highest BCUT2D eigenvalue weighted by atomic mass is 35.5. The Labute approximate surface area is 191 Å². The molecule has 0 saturated carbocycles. The maximum Gasteiger partial charge on any atom is 0.185 e. The van der Waals surface area contributed by atoms with Crippen LogP contribution in [0.2, 0.25) is 10.0 Å². The monoisotopic (exact) mass is 480 g/mol. The summed E-state index contributed by atoms with van der Waals surface area (Å²) < 4.78 is 26.1. The molecule has 8 heteroatoms. The summed E-state index contributed by atoms with van der Waals surface area (Å²) >= 11 is 13.8. The summed E-state index contributed by atoms with van der Waals surface area (Å²) in [6.45, 7) is 3.42. The van der Waals surface area contributed by atoms with Gasteiger partial charge in [-0.25, -0.2) is 13.4 Å². The molecule has 0 atom stereocenters. The lowest BCUT2D eigenvalue weighted by atomic mass is 10.1. The highest BCUT2D eigenvalue weighted by Gasteiger charge is 2.33. The molecule has 3 aromatic rings. The second kappa shape index (κ2) is 8.87. The van der Waals surface area contributed by atoms with Crippen LogP contribution < -0.4 is 4.90 Å². The van der Waals surface area contributed by atoms with Crippen LogP contribution in [-0.4, -0.2) is 31.7 Å². The molecule has 2 heterocycles. The van der Waals surface area contributed by atoms with Crippen molar-refractivity contribution >= 4 is 49.5 Å². The smallest absolute Gasteiger partial charge is 0.185 e. The standard InChI is InChI=1S/C22H22Cl2N2O2S2/c1-15-5-2-3-6-16(15)13-17-14-29-22(25-17)26-11-9-18(10-12-26)30(27,28)20-8-4-7-19(23)21(20)24/h2-8,14,18H,9-13H2,1H3. The number of aromatic nitrogens is 1. The lowest BCUT2D eigenvalue weighted by Crippen LogP contribution is -2.39. The Morgan fingerprint density at radius 1 is 1.10 bits per heavy atom. The fourth-order valence-electron chi connectivity index (χ4n) is 3.77. The van der Waals surface area contributed by atoms with Gasteiger partial charge in [0.15, 0.2) is 15.0 Å². The van der Waals surface area contributed by atoms with E-state index in [0.29, 0.717) is 25.9 Å². The normalized spacial score (nSPS) is 15.5. The molecule has 2 aromatic carbocycles. The van der Waals surface area contributed by atoms with E-state index in [1.807, 2.05) is 12.1 Å². The fourth-order valence-corrected chi connectivity index (χ4v) is 7.14. The number of rotatable bonds is 5. The van der Waals surface area contributed by atoms with E-state index in [1.54, 1.807) is 23.5 Å². The summed E-state index contributed by atoms with van der Waals surface area (Å²) in [5.41, 5.74) is 3.58. The Hall–Kier alpha value is -1.60. The van der Waals surface area contributed by atoms with Gasteiger partial charge >= 0.3 is 0 Å². The molecular formula is C22H22Cl2N2O2S2. The minimum absolute atomic E-state index is 0.113. The molecule has 0 N–H and O–H groups in total. The quantitative estimate of drug-likeness (QED) is 0.463. The van der Waals surface area contributed by atoms with Crippen molar-refractivity contribution in [2.24, 2.45) is 0 Å². The Bertz CT molecular complexity index is 1150. The highest BCUT2D eigenvalue weighted by Crippen LogP contribution is 2.35. The van der Waals surface area contributed by atoms with Crippen LogP contribution >= 0.6 is 34.5 Å². The van der Waals surface area contributed by atoms with E-state index in [0.717, 1.165) is 17.2 Å². The van der Waals surface area contributed by atoms with Gasteiger partial charge < -0.3 is 4.90 Å². The molecular weight excluding hydrogens is 459 g/mol. The molecule has 1 aliphatic rings. The third kappa shape index (κ3) is 4.37. The first-order valence-corrected chi connectivity index (χ1v) is 13.0. The van der Waals surface area contributed by atoms with Gasteiger partial charge in [-0.15, -0.1) is 11.3 Å². The van der Waals surface area contributed by atoms with E-state index in [4.69, 9.17) is 28.2 Å². The Morgan fingerprint density at radius 2 is 1.83 bits per heavy atom. The molecule has 1 aromatic heterocycles. The Kier molecular flexibility index (Phi) is 6.39. The number of aryl methyl sites for hydroxylation is 1. The molecule has 0 aliphatic carbocycles. The second-order valence-corrected chi connectivity index (χ2v) is 11.3. The van der Waals surface area contributed by atoms with Crippen LogP contribution in [-0.2, 0) is 16.3 Å². The molecule has 0 radical (unpaired) electrons.